The van der Waals surface area contributed by atoms with Gasteiger partial charge in [0.2, 0.25) is 11.8 Å². The fourth-order valence-electron chi connectivity index (χ4n) is 2.61. The van der Waals surface area contributed by atoms with Gasteiger partial charge < -0.3 is 10.6 Å². The zero-order chi connectivity index (χ0) is 16.7. The van der Waals surface area contributed by atoms with Gasteiger partial charge in [0, 0.05) is 5.25 Å². The van der Waals surface area contributed by atoms with Crippen LogP contribution in [0.5, 0.6) is 0 Å². The van der Waals surface area contributed by atoms with Crippen LogP contribution in [0.1, 0.15) is 44.2 Å². The van der Waals surface area contributed by atoms with Gasteiger partial charge in [-0.25, -0.2) is 4.39 Å². The van der Waals surface area contributed by atoms with Crippen molar-refractivity contribution in [2.75, 3.05) is 12.3 Å². The maximum atomic E-state index is 12.9. The molecule has 0 unspecified atom stereocenters. The van der Waals surface area contributed by atoms with E-state index in [1.54, 1.807) is 23.9 Å². The van der Waals surface area contributed by atoms with E-state index in [4.69, 9.17) is 0 Å². The number of nitrogens with one attached hydrogen (secondary N) is 2. The van der Waals surface area contributed by atoms with E-state index in [0.717, 1.165) is 5.56 Å². The molecule has 0 radical (unpaired) electrons. The number of thioether (sulfide) groups is 1. The molecular formula is C17H23FN2O2S. The van der Waals surface area contributed by atoms with Crippen molar-refractivity contribution in [1.29, 1.82) is 0 Å². The number of amides is 2. The minimum Gasteiger partial charge on any atom is -0.348 e. The monoisotopic (exact) mass is 338 g/mol. The summed E-state index contributed by atoms with van der Waals surface area (Å²) in [6.07, 6.45) is 4.88. The molecule has 1 aliphatic rings. The summed E-state index contributed by atoms with van der Waals surface area (Å²) < 4.78 is 12.9. The first-order valence-electron chi connectivity index (χ1n) is 7.97. The van der Waals surface area contributed by atoms with Gasteiger partial charge in [-0.15, -0.1) is 11.8 Å². The van der Waals surface area contributed by atoms with Crippen LogP contribution in [0.3, 0.4) is 0 Å². The Morgan fingerprint density at radius 2 is 1.87 bits per heavy atom. The van der Waals surface area contributed by atoms with E-state index in [0.29, 0.717) is 11.0 Å². The molecule has 1 saturated carbocycles. The van der Waals surface area contributed by atoms with E-state index in [1.807, 2.05) is 6.92 Å². The van der Waals surface area contributed by atoms with Crippen molar-refractivity contribution in [3.05, 3.63) is 35.6 Å². The molecule has 2 rings (SSSR count). The third kappa shape index (κ3) is 6.22. The maximum absolute atomic E-state index is 12.9. The van der Waals surface area contributed by atoms with Crippen LogP contribution in [0.15, 0.2) is 24.3 Å². The molecule has 4 nitrogen and oxygen atoms in total. The third-order valence-corrected chi connectivity index (χ3v) is 5.32. The van der Waals surface area contributed by atoms with E-state index >= 15 is 0 Å². The quantitative estimate of drug-likeness (QED) is 0.804. The van der Waals surface area contributed by atoms with Crippen molar-refractivity contribution in [2.24, 2.45) is 0 Å². The number of rotatable bonds is 7. The Labute approximate surface area is 140 Å². The molecule has 23 heavy (non-hydrogen) atoms. The highest BCUT2D eigenvalue weighted by atomic mass is 32.2. The zero-order valence-electron chi connectivity index (χ0n) is 13.3. The molecule has 0 bridgehead atoms. The van der Waals surface area contributed by atoms with Gasteiger partial charge in [0.25, 0.3) is 0 Å². The van der Waals surface area contributed by atoms with Crippen molar-refractivity contribution >= 4 is 23.6 Å². The van der Waals surface area contributed by atoms with Crippen LogP contribution in [-0.4, -0.2) is 29.4 Å². The minimum absolute atomic E-state index is 0.0321. The van der Waals surface area contributed by atoms with Crippen LogP contribution < -0.4 is 10.6 Å². The lowest BCUT2D eigenvalue weighted by molar-refractivity contribution is -0.125. The average molecular weight is 338 g/mol. The van der Waals surface area contributed by atoms with E-state index < -0.39 is 0 Å². The van der Waals surface area contributed by atoms with Gasteiger partial charge in [0.1, 0.15) is 5.82 Å². The van der Waals surface area contributed by atoms with Crippen molar-refractivity contribution < 1.29 is 14.0 Å². The van der Waals surface area contributed by atoms with Crippen LogP contribution in [-0.2, 0) is 9.59 Å². The molecule has 2 amide bonds. The predicted molar refractivity (Wildman–Crippen MR) is 90.7 cm³/mol. The number of hydrogen-bond donors (Lipinski definition) is 2. The third-order valence-electron chi connectivity index (χ3n) is 3.95. The molecule has 0 spiro atoms. The highest BCUT2D eigenvalue weighted by Gasteiger charge is 2.17. The van der Waals surface area contributed by atoms with Gasteiger partial charge in [0.15, 0.2) is 0 Å². The average Bonchev–Trinajstić information content (AvgIpc) is 3.05. The number of carbonyl (C=O) groups excluding carboxylic acids is 2. The number of carbonyl (C=O) groups is 2. The van der Waals surface area contributed by atoms with Gasteiger partial charge in [-0.1, -0.05) is 25.0 Å². The van der Waals surface area contributed by atoms with E-state index in [9.17, 15) is 14.0 Å². The predicted octanol–water partition coefficient (Wildman–Crippen LogP) is 2.79. The van der Waals surface area contributed by atoms with Gasteiger partial charge in [-0.2, -0.15) is 0 Å². The Balaban J connectivity index is 1.65. The second-order valence-corrected chi connectivity index (χ2v) is 7.12. The molecule has 1 aliphatic carbocycles. The first-order chi connectivity index (χ1) is 11.0. The normalized spacial score (nSPS) is 16.1. The van der Waals surface area contributed by atoms with Gasteiger partial charge in [-0.05, 0) is 37.5 Å². The Morgan fingerprint density at radius 3 is 2.52 bits per heavy atom. The molecule has 6 heteroatoms. The molecule has 1 aromatic carbocycles. The van der Waals surface area contributed by atoms with Gasteiger partial charge >= 0.3 is 0 Å². The first-order valence-corrected chi connectivity index (χ1v) is 9.02. The van der Waals surface area contributed by atoms with E-state index in [-0.39, 0.29) is 30.2 Å². The summed E-state index contributed by atoms with van der Waals surface area (Å²) in [6.45, 7) is 1.79. The Kier molecular flexibility index (Phi) is 6.89. The molecular weight excluding hydrogens is 315 g/mol. The van der Waals surface area contributed by atoms with Crippen LogP contribution in [0.25, 0.3) is 0 Å². The van der Waals surface area contributed by atoms with Gasteiger partial charge in [-0.3, -0.25) is 9.59 Å². The summed E-state index contributed by atoms with van der Waals surface area (Å²) in [5, 5.41) is 6.02. The summed E-state index contributed by atoms with van der Waals surface area (Å²) in [5.74, 6) is -0.252. The molecule has 0 aliphatic heterocycles. The molecule has 1 fully saturated rings. The SMILES string of the molecule is C[C@@H](NC(=O)CNC(=O)CSC1CCCC1)c1ccc(F)cc1. The minimum atomic E-state index is -0.306. The lowest BCUT2D eigenvalue weighted by Crippen LogP contribution is -2.38. The molecule has 2 N–H and O–H groups in total. The van der Waals surface area contributed by atoms with Crippen molar-refractivity contribution in [3.8, 4) is 0 Å². The second-order valence-electron chi connectivity index (χ2n) is 5.83. The van der Waals surface area contributed by atoms with Crippen LogP contribution in [0.2, 0.25) is 0 Å². The van der Waals surface area contributed by atoms with Crippen molar-refractivity contribution in [2.45, 2.75) is 43.9 Å². The highest BCUT2D eigenvalue weighted by Crippen LogP contribution is 2.28. The summed E-state index contributed by atoms with van der Waals surface area (Å²) in [5.41, 5.74) is 0.822. The van der Waals surface area contributed by atoms with E-state index in [1.165, 1.54) is 37.8 Å². The zero-order valence-corrected chi connectivity index (χ0v) is 14.1. The molecule has 0 aromatic heterocycles. The molecule has 1 atom stereocenters. The lowest BCUT2D eigenvalue weighted by atomic mass is 10.1. The Morgan fingerprint density at radius 1 is 1.22 bits per heavy atom. The summed E-state index contributed by atoms with van der Waals surface area (Å²) in [7, 11) is 0. The number of hydrogen-bond acceptors (Lipinski definition) is 3. The fraction of sp³-hybridized carbons (Fsp3) is 0.529. The van der Waals surface area contributed by atoms with Gasteiger partial charge in [0.05, 0.1) is 18.3 Å². The van der Waals surface area contributed by atoms with Crippen LogP contribution >= 0.6 is 11.8 Å². The second kappa shape index (κ2) is 8.91. The summed E-state index contributed by atoms with van der Waals surface area (Å²) >= 11 is 1.68. The van der Waals surface area contributed by atoms with Crippen molar-refractivity contribution in [1.82, 2.24) is 10.6 Å². The molecule has 0 heterocycles. The number of halogens is 1. The topological polar surface area (TPSA) is 58.2 Å². The fourth-order valence-corrected chi connectivity index (χ4v) is 3.76. The largest absolute Gasteiger partial charge is 0.348 e. The van der Waals surface area contributed by atoms with E-state index in [2.05, 4.69) is 10.6 Å². The Hall–Kier alpha value is -1.56. The Bertz CT molecular complexity index is 530. The molecule has 126 valence electrons. The van der Waals surface area contributed by atoms with Crippen molar-refractivity contribution in [3.63, 3.8) is 0 Å². The number of benzene rings is 1. The summed E-state index contributed by atoms with van der Waals surface area (Å²) in [4.78, 5) is 23.6. The first kappa shape index (κ1) is 17.8. The van der Waals surface area contributed by atoms with Crippen LogP contribution in [0, 0.1) is 5.82 Å². The highest BCUT2D eigenvalue weighted by molar-refractivity contribution is 8.00. The standard InChI is InChI=1S/C17H23FN2O2S/c1-12(13-6-8-14(18)9-7-13)20-16(21)10-19-17(22)11-23-15-4-2-3-5-15/h6-9,12,15H,2-5,10-11H2,1H3,(H,19,22)(H,20,21)/t12-/m1/s1. The smallest absolute Gasteiger partial charge is 0.239 e. The molecule has 1 aromatic rings. The lowest BCUT2D eigenvalue weighted by Gasteiger charge is -2.15. The van der Waals surface area contributed by atoms with Crippen LogP contribution in [0.4, 0.5) is 4.39 Å². The molecule has 0 saturated heterocycles. The summed E-state index contributed by atoms with van der Waals surface area (Å²) in [6, 6.07) is 5.77. The maximum Gasteiger partial charge on any atom is 0.239 e.